The zero-order chi connectivity index (χ0) is 15.8. The number of aliphatic hydroxyl groups excluding tert-OH is 1. The number of nitriles is 1. The quantitative estimate of drug-likeness (QED) is 0.860. The van der Waals surface area contributed by atoms with Crippen LogP contribution in [0.2, 0.25) is 0 Å². The van der Waals surface area contributed by atoms with Gasteiger partial charge in [0.15, 0.2) is 0 Å². The number of carbonyl (C=O) groups is 1. The summed E-state index contributed by atoms with van der Waals surface area (Å²) >= 11 is 0. The Labute approximate surface area is 130 Å². The van der Waals surface area contributed by atoms with E-state index in [4.69, 9.17) is 10.4 Å². The second kappa shape index (κ2) is 7.96. The molecule has 0 aliphatic rings. The molecule has 4 heteroatoms. The minimum absolute atomic E-state index is 0.0864. The molecule has 0 saturated heterocycles. The monoisotopic (exact) mass is 294 g/mol. The fourth-order valence-electron chi connectivity index (χ4n) is 2.27. The molecule has 0 aliphatic carbocycles. The summed E-state index contributed by atoms with van der Waals surface area (Å²) in [6, 6.07) is 18.1. The number of benzene rings is 2. The number of rotatable bonds is 6. The van der Waals surface area contributed by atoms with Crippen molar-refractivity contribution in [2.45, 2.75) is 18.9 Å². The van der Waals surface area contributed by atoms with Gasteiger partial charge >= 0.3 is 0 Å². The van der Waals surface area contributed by atoms with E-state index in [1.165, 1.54) is 0 Å². The maximum Gasteiger partial charge on any atom is 0.251 e. The Kier molecular flexibility index (Phi) is 5.70. The molecule has 0 spiro atoms. The lowest BCUT2D eigenvalue weighted by atomic mass is 10.0. The zero-order valence-electron chi connectivity index (χ0n) is 12.2. The molecule has 2 aromatic rings. The first kappa shape index (κ1) is 15.7. The first-order chi connectivity index (χ1) is 10.7. The molecule has 0 aliphatic heterocycles. The van der Waals surface area contributed by atoms with Crippen LogP contribution in [0, 0.1) is 11.3 Å². The average molecular weight is 294 g/mol. The molecule has 1 atom stereocenters. The lowest BCUT2D eigenvalue weighted by Gasteiger charge is -2.19. The predicted molar refractivity (Wildman–Crippen MR) is 84.1 cm³/mol. The minimum Gasteiger partial charge on any atom is -0.396 e. The van der Waals surface area contributed by atoms with Crippen LogP contribution < -0.4 is 5.32 Å². The van der Waals surface area contributed by atoms with Gasteiger partial charge in [-0.05, 0) is 36.6 Å². The van der Waals surface area contributed by atoms with Crippen molar-refractivity contribution >= 4 is 5.91 Å². The van der Waals surface area contributed by atoms with Crippen LogP contribution in [0.4, 0.5) is 0 Å². The number of nitrogens with zero attached hydrogens (tertiary/aromatic N) is 1. The Bertz CT molecular complexity index is 662. The van der Waals surface area contributed by atoms with Crippen LogP contribution in [-0.4, -0.2) is 17.6 Å². The maximum absolute atomic E-state index is 12.4. The molecule has 22 heavy (non-hydrogen) atoms. The van der Waals surface area contributed by atoms with Crippen molar-refractivity contribution in [2.24, 2.45) is 0 Å². The highest BCUT2D eigenvalue weighted by Gasteiger charge is 2.15. The van der Waals surface area contributed by atoms with Gasteiger partial charge in [-0.15, -0.1) is 0 Å². The van der Waals surface area contributed by atoms with Crippen molar-refractivity contribution in [2.75, 3.05) is 6.61 Å². The molecule has 2 aromatic carbocycles. The standard InChI is InChI=1S/C18H18N2O2/c19-13-14-6-4-9-16(12-14)18(22)20-17(10-5-11-21)15-7-2-1-3-8-15/h1-4,6-9,12,17,21H,5,10-11H2,(H,20,22). The van der Waals surface area contributed by atoms with Gasteiger partial charge in [0, 0.05) is 12.2 Å². The van der Waals surface area contributed by atoms with Gasteiger partial charge in [-0.2, -0.15) is 5.26 Å². The molecular formula is C18H18N2O2. The van der Waals surface area contributed by atoms with Gasteiger partial charge in [-0.3, -0.25) is 4.79 Å². The largest absolute Gasteiger partial charge is 0.396 e. The van der Waals surface area contributed by atoms with E-state index in [9.17, 15) is 4.79 Å². The first-order valence-electron chi connectivity index (χ1n) is 7.21. The number of hydrogen-bond acceptors (Lipinski definition) is 3. The Morgan fingerprint density at radius 2 is 1.95 bits per heavy atom. The Hall–Kier alpha value is -2.64. The van der Waals surface area contributed by atoms with Gasteiger partial charge in [0.1, 0.15) is 0 Å². The van der Waals surface area contributed by atoms with E-state index in [0.29, 0.717) is 24.0 Å². The van der Waals surface area contributed by atoms with Gasteiger partial charge in [-0.1, -0.05) is 36.4 Å². The number of aliphatic hydroxyl groups is 1. The Morgan fingerprint density at radius 3 is 2.64 bits per heavy atom. The van der Waals surface area contributed by atoms with Gasteiger partial charge in [-0.25, -0.2) is 0 Å². The topological polar surface area (TPSA) is 73.1 Å². The minimum atomic E-state index is -0.219. The third kappa shape index (κ3) is 4.18. The van der Waals surface area contributed by atoms with Crippen LogP contribution in [0.25, 0.3) is 0 Å². The first-order valence-corrected chi connectivity index (χ1v) is 7.21. The lowest BCUT2D eigenvalue weighted by Crippen LogP contribution is -2.28. The van der Waals surface area contributed by atoms with E-state index >= 15 is 0 Å². The van der Waals surface area contributed by atoms with E-state index in [1.54, 1.807) is 24.3 Å². The fraction of sp³-hybridized carbons (Fsp3) is 0.222. The van der Waals surface area contributed by atoms with Gasteiger partial charge in [0.05, 0.1) is 17.7 Å². The molecule has 112 valence electrons. The molecule has 0 saturated carbocycles. The summed E-state index contributed by atoms with van der Waals surface area (Å²) < 4.78 is 0. The molecule has 1 unspecified atom stereocenters. The summed E-state index contributed by atoms with van der Waals surface area (Å²) in [4.78, 5) is 12.4. The van der Waals surface area contributed by atoms with Crippen molar-refractivity contribution in [3.8, 4) is 6.07 Å². The van der Waals surface area contributed by atoms with Crippen molar-refractivity contribution in [1.29, 1.82) is 5.26 Å². The molecule has 0 radical (unpaired) electrons. The van der Waals surface area contributed by atoms with E-state index in [0.717, 1.165) is 5.56 Å². The van der Waals surface area contributed by atoms with Crippen molar-refractivity contribution < 1.29 is 9.90 Å². The van der Waals surface area contributed by atoms with Gasteiger partial charge < -0.3 is 10.4 Å². The molecule has 1 amide bonds. The summed E-state index contributed by atoms with van der Waals surface area (Å²) in [7, 11) is 0. The third-order valence-electron chi connectivity index (χ3n) is 3.41. The molecule has 0 aromatic heterocycles. The van der Waals surface area contributed by atoms with Gasteiger partial charge in [0.2, 0.25) is 0 Å². The predicted octanol–water partition coefficient (Wildman–Crippen LogP) is 2.80. The van der Waals surface area contributed by atoms with Crippen LogP contribution in [0.1, 0.15) is 40.4 Å². The van der Waals surface area contributed by atoms with Crippen LogP contribution >= 0.6 is 0 Å². The highest BCUT2D eigenvalue weighted by atomic mass is 16.3. The average Bonchev–Trinajstić information content (AvgIpc) is 2.59. The smallest absolute Gasteiger partial charge is 0.251 e. The maximum atomic E-state index is 12.4. The Balaban J connectivity index is 2.15. The SMILES string of the molecule is N#Cc1cccc(C(=O)NC(CCCO)c2ccccc2)c1. The number of hydrogen-bond donors (Lipinski definition) is 2. The second-order valence-electron chi connectivity index (χ2n) is 5.00. The van der Waals surface area contributed by atoms with E-state index < -0.39 is 0 Å². The van der Waals surface area contributed by atoms with E-state index in [-0.39, 0.29) is 18.6 Å². The number of amides is 1. The highest BCUT2D eigenvalue weighted by molar-refractivity contribution is 5.94. The summed E-state index contributed by atoms with van der Waals surface area (Å²) in [6.07, 6.45) is 1.27. The van der Waals surface area contributed by atoms with E-state index in [2.05, 4.69) is 5.32 Å². The number of nitrogens with one attached hydrogen (secondary N) is 1. The zero-order valence-corrected chi connectivity index (χ0v) is 12.2. The normalized spacial score (nSPS) is 11.5. The number of carbonyl (C=O) groups excluding carboxylic acids is 1. The molecular weight excluding hydrogens is 276 g/mol. The summed E-state index contributed by atoms with van der Waals surface area (Å²) in [5.41, 5.74) is 1.92. The van der Waals surface area contributed by atoms with Crippen LogP contribution in [0.15, 0.2) is 54.6 Å². The lowest BCUT2D eigenvalue weighted by molar-refractivity contribution is 0.0932. The molecule has 2 rings (SSSR count). The molecule has 4 nitrogen and oxygen atoms in total. The van der Waals surface area contributed by atoms with Crippen LogP contribution in [0.5, 0.6) is 0 Å². The summed E-state index contributed by atoms with van der Waals surface area (Å²) in [5, 5.41) is 20.9. The van der Waals surface area contributed by atoms with Crippen LogP contribution in [0.3, 0.4) is 0 Å². The second-order valence-corrected chi connectivity index (χ2v) is 5.00. The van der Waals surface area contributed by atoms with E-state index in [1.807, 2.05) is 36.4 Å². The third-order valence-corrected chi connectivity index (χ3v) is 3.41. The van der Waals surface area contributed by atoms with Gasteiger partial charge in [0.25, 0.3) is 5.91 Å². The Morgan fingerprint density at radius 1 is 1.18 bits per heavy atom. The van der Waals surface area contributed by atoms with Crippen molar-refractivity contribution in [3.05, 3.63) is 71.3 Å². The molecule has 0 heterocycles. The molecule has 0 fully saturated rings. The fourth-order valence-corrected chi connectivity index (χ4v) is 2.27. The van der Waals surface area contributed by atoms with Crippen molar-refractivity contribution in [1.82, 2.24) is 5.32 Å². The molecule has 2 N–H and O–H groups in total. The molecule has 0 bridgehead atoms. The highest BCUT2D eigenvalue weighted by Crippen LogP contribution is 2.19. The summed E-state index contributed by atoms with van der Waals surface area (Å²) in [6.45, 7) is 0.0864. The summed E-state index contributed by atoms with van der Waals surface area (Å²) in [5.74, 6) is -0.219. The van der Waals surface area contributed by atoms with Crippen molar-refractivity contribution in [3.63, 3.8) is 0 Å². The van der Waals surface area contributed by atoms with Crippen LogP contribution in [-0.2, 0) is 0 Å².